The topological polar surface area (TPSA) is 70.8 Å². The summed E-state index contributed by atoms with van der Waals surface area (Å²) in [5.74, 6) is -0.173. The molecule has 146 valence electrons. The van der Waals surface area contributed by atoms with Gasteiger partial charge < -0.3 is 18.7 Å². The zero-order valence-electron chi connectivity index (χ0n) is 15.6. The minimum atomic E-state index is -0.846. The molecule has 0 aliphatic rings. The van der Waals surface area contributed by atoms with E-state index in [-0.39, 0.29) is 19.0 Å². The van der Waals surface area contributed by atoms with Crippen LogP contribution in [0.15, 0.2) is 59.1 Å². The van der Waals surface area contributed by atoms with Crippen LogP contribution >= 0.6 is 0 Å². The Morgan fingerprint density at radius 1 is 1.11 bits per heavy atom. The second-order valence-electron chi connectivity index (χ2n) is 6.09. The van der Waals surface area contributed by atoms with E-state index < -0.39 is 12.3 Å². The maximum absolute atomic E-state index is 13.9. The first-order valence-corrected chi connectivity index (χ1v) is 8.64. The normalized spacial score (nSPS) is 12.0. The van der Waals surface area contributed by atoms with Crippen molar-refractivity contribution in [3.05, 3.63) is 88.6 Å². The highest BCUT2D eigenvalue weighted by molar-refractivity contribution is 5.89. The molecule has 0 aliphatic heterocycles. The van der Waals surface area contributed by atoms with Crippen molar-refractivity contribution >= 4 is 5.97 Å². The van der Waals surface area contributed by atoms with Gasteiger partial charge in [-0.3, -0.25) is 0 Å². The summed E-state index contributed by atoms with van der Waals surface area (Å²) in [6, 6.07) is 14.8. The molecule has 6 nitrogen and oxygen atoms in total. The van der Waals surface area contributed by atoms with E-state index in [1.165, 1.54) is 13.2 Å². The van der Waals surface area contributed by atoms with E-state index in [0.29, 0.717) is 28.1 Å². The summed E-state index contributed by atoms with van der Waals surface area (Å²) < 4.78 is 35.4. The number of aryl methyl sites for hydroxylation is 1. The molecule has 1 atom stereocenters. The molecule has 0 spiro atoms. The van der Waals surface area contributed by atoms with Crippen LogP contribution in [0.25, 0.3) is 0 Å². The Kier molecular flexibility index (Phi) is 6.52. The summed E-state index contributed by atoms with van der Waals surface area (Å²) in [4.78, 5) is 11.8. The Morgan fingerprint density at radius 2 is 1.89 bits per heavy atom. The number of hydrogen-bond donors (Lipinski definition) is 0. The molecule has 0 radical (unpaired) electrons. The summed E-state index contributed by atoms with van der Waals surface area (Å²) in [7, 11) is 1.31. The van der Waals surface area contributed by atoms with Crippen LogP contribution in [-0.2, 0) is 27.4 Å². The van der Waals surface area contributed by atoms with Crippen molar-refractivity contribution in [2.45, 2.75) is 26.4 Å². The standard InChI is InChI=1S/C21H20FNO5/c1-14-10-18(23-28-14)13-27-21(26-12-17-6-3-4-9-19(17)22)16-8-5-7-15(11-16)20(24)25-2/h3-11,21H,12-13H2,1-2H3. The number of benzene rings is 2. The van der Waals surface area contributed by atoms with Crippen LogP contribution in [0, 0.1) is 12.7 Å². The van der Waals surface area contributed by atoms with Gasteiger partial charge in [0, 0.05) is 17.2 Å². The fourth-order valence-electron chi connectivity index (χ4n) is 2.60. The van der Waals surface area contributed by atoms with Gasteiger partial charge in [-0.2, -0.15) is 0 Å². The smallest absolute Gasteiger partial charge is 0.337 e. The molecule has 3 aromatic rings. The Balaban J connectivity index is 1.79. The van der Waals surface area contributed by atoms with Crippen molar-refractivity contribution in [3.63, 3.8) is 0 Å². The van der Waals surface area contributed by atoms with Crippen LogP contribution in [0.2, 0.25) is 0 Å². The third-order valence-electron chi connectivity index (χ3n) is 3.99. The second-order valence-corrected chi connectivity index (χ2v) is 6.09. The lowest BCUT2D eigenvalue weighted by molar-refractivity contribution is -0.162. The number of halogens is 1. The van der Waals surface area contributed by atoms with Crippen molar-refractivity contribution in [2.75, 3.05) is 7.11 Å². The molecule has 0 aliphatic carbocycles. The Morgan fingerprint density at radius 3 is 2.61 bits per heavy atom. The molecule has 1 unspecified atom stereocenters. The third kappa shape index (κ3) is 5.03. The Hall–Kier alpha value is -3.03. The molecule has 1 heterocycles. The number of rotatable bonds is 8. The van der Waals surface area contributed by atoms with Gasteiger partial charge in [-0.1, -0.05) is 35.5 Å². The van der Waals surface area contributed by atoms with Gasteiger partial charge in [-0.15, -0.1) is 0 Å². The molecule has 3 rings (SSSR count). The average Bonchev–Trinajstić information content (AvgIpc) is 3.14. The van der Waals surface area contributed by atoms with Crippen molar-refractivity contribution in [2.24, 2.45) is 0 Å². The maximum Gasteiger partial charge on any atom is 0.337 e. The van der Waals surface area contributed by atoms with Crippen molar-refractivity contribution in [1.29, 1.82) is 0 Å². The molecular weight excluding hydrogens is 365 g/mol. The van der Waals surface area contributed by atoms with E-state index in [9.17, 15) is 9.18 Å². The molecule has 1 aromatic heterocycles. The lowest BCUT2D eigenvalue weighted by atomic mass is 10.1. The van der Waals surface area contributed by atoms with E-state index in [1.807, 2.05) is 0 Å². The first-order valence-electron chi connectivity index (χ1n) is 8.64. The largest absolute Gasteiger partial charge is 0.465 e. The molecule has 0 saturated heterocycles. The van der Waals surface area contributed by atoms with Gasteiger partial charge in [-0.25, -0.2) is 9.18 Å². The molecular formula is C21H20FNO5. The number of carbonyl (C=O) groups excluding carboxylic acids is 1. The molecule has 28 heavy (non-hydrogen) atoms. The number of carbonyl (C=O) groups is 1. The highest BCUT2D eigenvalue weighted by Gasteiger charge is 2.17. The van der Waals surface area contributed by atoms with Gasteiger partial charge in [0.25, 0.3) is 0 Å². The number of methoxy groups -OCH3 is 1. The van der Waals surface area contributed by atoms with Gasteiger partial charge >= 0.3 is 5.97 Å². The monoisotopic (exact) mass is 385 g/mol. The third-order valence-corrected chi connectivity index (χ3v) is 3.99. The lowest BCUT2D eigenvalue weighted by Crippen LogP contribution is -2.11. The van der Waals surface area contributed by atoms with Gasteiger partial charge in [0.15, 0.2) is 6.29 Å². The van der Waals surface area contributed by atoms with Gasteiger partial charge in [-0.05, 0) is 25.1 Å². The van der Waals surface area contributed by atoms with Crippen LogP contribution in [0.3, 0.4) is 0 Å². The number of ether oxygens (including phenoxy) is 3. The summed E-state index contributed by atoms with van der Waals surface area (Å²) >= 11 is 0. The van der Waals surface area contributed by atoms with Gasteiger partial charge in [0.05, 0.1) is 25.9 Å². The molecule has 0 N–H and O–H groups in total. The van der Waals surface area contributed by atoms with Crippen LogP contribution < -0.4 is 0 Å². The molecule has 2 aromatic carbocycles. The average molecular weight is 385 g/mol. The van der Waals surface area contributed by atoms with E-state index >= 15 is 0 Å². The van der Waals surface area contributed by atoms with Crippen molar-refractivity contribution < 1.29 is 27.9 Å². The van der Waals surface area contributed by atoms with Crippen LogP contribution in [0.4, 0.5) is 4.39 Å². The zero-order valence-corrected chi connectivity index (χ0v) is 15.6. The predicted octanol–water partition coefficient (Wildman–Crippen LogP) is 4.34. The predicted molar refractivity (Wildman–Crippen MR) is 97.7 cm³/mol. The van der Waals surface area contributed by atoms with E-state index in [4.69, 9.17) is 18.7 Å². The van der Waals surface area contributed by atoms with E-state index in [2.05, 4.69) is 5.16 Å². The maximum atomic E-state index is 13.9. The van der Waals surface area contributed by atoms with Crippen LogP contribution in [0.5, 0.6) is 0 Å². The highest BCUT2D eigenvalue weighted by atomic mass is 19.1. The van der Waals surface area contributed by atoms with E-state index in [0.717, 1.165) is 0 Å². The minimum absolute atomic E-state index is 0.00235. The van der Waals surface area contributed by atoms with E-state index in [1.54, 1.807) is 55.5 Å². The molecule has 0 saturated carbocycles. The first kappa shape index (κ1) is 19.7. The highest BCUT2D eigenvalue weighted by Crippen LogP contribution is 2.24. The molecule has 0 fully saturated rings. The van der Waals surface area contributed by atoms with Gasteiger partial charge in [0.1, 0.15) is 17.3 Å². The molecule has 0 bridgehead atoms. The Bertz CT molecular complexity index is 940. The number of nitrogens with zero attached hydrogens (tertiary/aromatic N) is 1. The van der Waals surface area contributed by atoms with Crippen LogP contribution in [-0.4, -0.2) is 18.2 Å². The quantitative estimate of drug-likeness (QED) is 0.424. The van der Waals surface area contributed by atoms with Crippen molar-refractivity contribution in [1.82, 2.24) is 5.16 Å². The second kappa shape index (κ2) is 9.25. The lowest BCUT2D eigenvalue weighted by Gasteiger charge is -2.19. The first-order chi connectivity index (χ1) is 13.6. The number of hydrogen-bond acceptors (Lipinski definition) is 6. The minimum Gasteiger partial charge on any atom is -0.465 e. The molecule has 0 amide bonds. The fraction of sp³-hybridized carbons (Fsp3) is 0.238. The van der Waals surface area contributed by atoms with Crippen molar-refractivity contribution in [3.8, 4) is 0 Å². The Labute approximate surface area is 161 Å². The summed E-state index contributed by atoms with van der Waals surface area (Å²) in [6.45, 7) is 1.90. The fourth-order valence-corrected chi connectivity index (χ4v) is 2.60. The number of aromatic nitrogens is 1. The van der Waals surface area contributed by atoms with Crippen LogP contribution in [0.1, 0.15) is 39.2 Å². The molecule has 7 heteroatoms. The summed E-state index contributed by atoms with van der Waals surface area (Å²) in [5, 5.41) is 3.88. The SMILES string of the molecule is COC(=O)c1cccc(C(OCc2cc(C)on2)OCc2ccccc2F)c1. The summed E-state index contributed by atoms with van der Waals surface area (Å²) in [5.41, 5.74) is 1.96. The summed E-state index contributed by atoms with van der Waals surface area (Å²) in [6.07, 6.45) is -0.846. The van der Waals surface area contributed by atoms with Gasteiger partial charge in [0.2, 0.25) is 0 Å². The zero-order chi connectivity index (χ0) is 19.9. The number of esters is 1.